The van der Waals surface area contributed by atoms with E-state index >= 15 is 0 Å². The van der Waals surface area contributed by atoms with Gasteiger partial charge in [-0.1, -0.05) is 44.2 Å². The average Bonchev–Trinajstić information content (AvgIpc) is 2.74. The second kappa shape index (κ2) is 3.99. The zero-order valence-electron chi connectivity index (χ0n) is 13.3. The van der Waals surface area contributed by atoms with Crippen LogP contribution in [0.5, 0.6) is 0 Å². The minimum Gasteiger partial charge on any atom is -0.399 e. The highest BCUT2D eigenvalue weighted by Crippen LogP contribution is 2.38. The zero-order chi connectivity index (χ0) is 14.8. The van der Waals surface area contributed by atoms with E-state index in [0.29, 0.717) is 0 Å². The molecule has 0 unspecified atom stereocenters. The molecule has 106 valence electrons. The van der Waals surface area contributed by atoms with Gasteiger partial charge in [-0.2, -0.15) is 0 Å². The summed E-state index contributed by atoms with van der Waals surface area (Å²) in [5.74, 6) is 0. The first kappa shape index (κ1) is 13.9. The third-order valence-electron chi connectivity index (χ3n) is 4.97. The lowest BCUT2D eigenvalue weighted by Gasteiger charge is -2.32. The molecule has 3 heteroatoms. The van der Waals surface area contributed by atoms with Gasteiger partial charge in [-0.05, 0) is 44.3 Å². The minimum absolute atomic E-state index is 0.129. The van der Waals surface area contributed by atoms with Crippen LogP contribution in [0.1, 0.15) is 52.7 Å². The monoisotopic (exact) mass is 270 g/mol. The van der Waals surface area contributed by atoms with Crippen molar-refractivity contribution in [1.82, 2.24) is 0 Å². The number of rotatable bonds is 1. The van der Waals surface area contributed by atoms with Crippen molar-refractivity contribution < 1.29 is 9.31 Å². The van der Waals surface area contributed by atoms with E-state index in [2.05, 4.69) is 71.9 Å². The molecule has 0 bridgehead atoms. The maximum atomic E-state index is 6.12. The van der Waals surface area contributed by atoms with Crippen LogP contribution in [-0.4, -0.2) is 18.3 Å². The molecular formula is C17H23BO2. The Morgan fingerprint density at radius 1 is 0.900 bits per heavy atom. The van der Waals surface area contributed by atoms with Crippen molar-refractivity contribution in [2.75, 3.05) is 0 Å². The van der Waals surface area contributed by atoms with E-state index in [1.54, 1.807) is 0 Å². The second-order valence-electron chi connectivity index (χ2n) is 7.49. The van der Waals surface area contributed by atoms with Gasteiger partial charge in [0.15, 0.2) is 0 Å². The first-order chi connectivity index (χ1) is 9.12. The molecule has 1 fully saturated rings. The van der Waals surface area contributed by atoms with Gasteiger partial charge >= 0.3 is 7.12 Å². The van der Waals surface area contributed by atoms with Crippen LogP contribution in [0.4, 0.5) is 0 Å². The van der Waals surface area contributed by atoms with Gasteiger partial charge in [0, 0.05) is 5.41 Å². The minimum atomic E-state index is -0.286. The molecule has 3 rings (SSSR count). The highest BCUT2D eigenvalue weighted by Gasteiger charge is 2.51. The number of benzene rings is 1. The average molecular weight is 270 g/mol. The fourth-order valence-corrected chi connectivity index (χ4v) is 2.82. The van der Waals surface area contributed by atoms with Gasteiger partial charge in [-0.15, -0.1) is 0 Å². The molecule has 2 nitrogen and oxygen atoms in total. The van der Waals surface area contributed by atoms with E-state index in [9.17, 15) is 0 Å². The molecule has 1 aromatic rings. The van der Waals surface area contributed by atoms with Crippen LogP contribution in [0.2, 0.25) is 0 Å². The fraction of sp³-hybridized carbons (Fsp3) is 0.529. The summed E-state index contributed by atoms with van der Waals surface area (Å²) in [4.78, 5) is 0. The van der Waals surface area contributed by atoms with E-state index in [1.165, 1.54) is 11.1 Å². The Kier molecular flexibility index (Phi) is 2.77. The maximum Gasteiger partial charge on any atom is 0.494 e. The molecule has 0 spiro atoms. The fourth-order valence-electron chi connectivity index (χ4n) is 2.82. The molecule has 0 atom stereocenters. The summed E-state index contributed by atoms with van der Waals surface area (Å²) < 4.78 is 12.2. The largest absolute Gasteiger partial charge is 0.494 e. The van der Waals surface area contributed by atoms with Crippen molar-refractivity contribution in [3.05, 3.63) is 35.4 Å². The molecule has 0 amide bonds. The van der Waals surface area contributed by atoms with Gasteiger partial charge in [0.05, 0.1) is 11.2 Å². The highest BCUT2D eigenvalue weighted by molar-refractivity contribution is 6.62. The lowest BCUT2D eigenvalue weighted by Crippen LogP contribution is -2.41. The van der Waals surface area contributed by atoms with E-state index in [-0.39, 0.29) is 23.7 Å². The summed E-state index contributed by atoms with van der Waals surface area (Å²) in [5.41, 5.74) is 3.31. The van der Waals surface area contributed by atoms with Crippen LogP contribution < -0.4 is 5.46 Å². The lowest BCUT2D eigenvalue weighted by molar-refractivity contribution is 0.00578. The van der Waals surface area contributed by atoms with Gasteiger partial charge < -0.3 is 9.31 Å². The van der Waals surface area contributed by atoms with Gasteiger partial charge in [0.25, 0.3) is 0 Å². The molecule has 0 radical (unpaired) electrons. The summed E-state index contributed by atoms with van der Waals surface area (Å²) in [6, 6.07) is 6.54. The van der Waals surface area contributed by atoms with Crippen LogP contribution in [-0.2, 0) is 14.7 Å². The molecule has 1 heterocycles. The van der Waals surface area contributed by atoms with Crippen LogP contribution in [0, 0.1) is 0 Å². The predicted octanol–water partition coefficient (Wildman–Crippen LogP) is 3.29. The van der Waals surface area contributed by atoms with Crippen molar-refractivity contribution in [2.24, 2.45) is 0 Å². The van der Waals surface area contributed by atoms with Crippen LogP contribution in [0.3, 0.4) is 0 Å². The molecule has 0 N–H and O–H groups in total. The smallest absolute Gasteiger partial charge is 0.399 e. The highest BCUT2D eigenvalue weighted by atomic mass is 16.7. The van der Waals surface area contributed by atoms with E-state index in [1.807, 2.05) is 0 Å². The third-order valence-corrected chi connectivity index (χ3v) is 4.97. The van der Waals surface area contributed by atoms with Crippen molar-refractivity contribution in [2.45, 2.75) is 58.2 Å². The first-order valence-corrected chi connectivity index (χ1v) is 7.32. The first-order valence-electron chi connectivity index (χ1n) is 7.32. The second-order valence-corrected chi connectivity index (χ2v) is 7.49. The van der Waals surface area contributed by atoms with Gasteiger partial charge in [0.2, 0.25) is 0 Å². The van der Waals surface area contributed by atoms with Crippen molar-refractivity contribution in [3.8, 4) is 0 Å². The number of hydrogen-bond acceptors (Lipinski definition) is 2. The number of hydrogen-bond donors (Lipinski definition) is 0. The van der Waals surface area contributed by atoms with Gasteiger partial charge in [0.1, 0.15) is 0 Å². The van der Waals surface area contributed by atoms with Crippen molar-refractivity contribution >= 4 is 18.7 Å². The molecule has 0 aromatic heterocycles. The summed E-state index contributed by atoms with van der Waals surface area (Å²) in [5, 5.41) is 0. The summed E-state index contributed by atoms with van der Waals surface area (Å²) in [7, 11) is -0.276. The Labute approximate surface area is 122 Å². The Bertz CT molecular complexity index is 569. The van der Waals surface area contributed by atoms with Crippen LogP contribution >= 0.6 is 0 Å². The van der Waals surface area contributed by atoms with E-state index in [0.717, 1.165) is 5.46 Å². The predicted molar refractivity (Wildman–Crippen MR) is 84.2 cm³/mol. The quantitative estimate of drug-likeness (QED) is 0.729. The summed E-state index contributed by atoms with van der Waals surface area (Å²) >= 11 is 0. The molecule has 1 aliphatic carbocycles. The molecule has 1 saturated heterocycles. The normalized spacial score (nSPS) is 25.0. The molecule has 1 aromatic carbocycles. The summed E-state index contributed by atoms with van der Waals surface area (Å²) in [6.45, 7) is 12.8. The lowest BCUT2D eigenvalue weighted by atomic mass is 9.76. The van der Waals surface area contributed by atoms with E-state index < -0.39 is 0 Å². The summed E-state index contributed by atoms with van der Waals surface area (Å²) in [6.07, 6.45) is 4.45. The Hall–Kier alpha value is -1.06. The number of fused-ring (bicyclic) bond motifs is 1. The Morgan fingerprint density at radius 2 is 1.50 bits per heavy atom. The third kappa shape index (κ3) is 1.95. The zero-order valence-corrected chi connectivity index (χ0v) is 13.3. The topological polar surface area (TPSA) is 18.5 Å². The Balaban J connectivity index is 1.93. The van der Waals surface area contributed by atoms with Gasteiger partial charge in [-0.25, -0.2) is 0 Å². The standard InChI is InChI=1S/C17H23BO2/c1-15(2)10-9-12-11-13(7-8-14(12)15)18-19-16(3,4)17(5,6)20-18/h7-11H,1-6H3. The van der Waals surface area contributed by atoms with E-state index in [4.69, 9.17) is 9.31 Å². The van der Waals surface area contributed by atoms with Crippen LogP contribution in [0.25, 0.3) is 6.08 Å². The molecule has 0 saturated carbocycles. The number of allylic oxidation sites excluding steroid dienone is 1. The Morgan fingerprint density at radius 3 is 2.10 bits per heavy atom. The van der Waals surface area contributed by atoms with Crippen LogP contribution in [0.15, 0.2) is 24.3 Å². The SMILES string of the molecule is CC1(C)C=Cc2cc(B3OC(C)(C)C(C)(C)O3)ccc21. The van der Waals surface area contributed by atoms with Crippen molar-refractivity contribution in [1.29, 1.82) is 0 Å². The molecule has 1 aliphatic heterocycles. The molecule has 2 aliphatic rings. The molecular weight excluding hydrogens is 247 g/mol. The van der Waals surface area contributed by atoms with Crippen molar-refractivity contribution in [3.63, 3.8) is 0 Å². The maximum absolute atomic E-state index is 6.12. The molecule has 20 heavy (non-hydrogen) atoms. The van der Waals surface area contributed by atoms with Gasteiger partial charge in [-0.3, -0.25) is 0 Å².